The van der Waals surface area contributed by atoms with E-state index >= 15 is 0 Å². The number of quaternary nitrogens is 1. The van der Waals surface area contributed by atoms with Gasteiger partial charge < -0.3 is 10.6 Å². The Bertz CT molecular complexity index is 843. The van der Waals surface area contributed by atoms with E-state index < -0.39 is 0 Å². The lowest BCUT2D eigenvalue weighted by Gasteiger charge is -2.18. The van der Waals surface area contributed by atoms with Crippen LogP contribution in [0.25, 0.3) is 16.9 Å². The molecule has 0 saturated heterocycles. The van der Waals surface area contributed by atoms with E-state index in [1.165, 1.54) is 0 Å². The molecule has 5 heteroatoms. The van der Waals surface area contributed by atoms with Crippen molar-refractivity contribution in [1.29, 1.82) is 0 Å². The van der Waals surface area contributed by atoms with Crippen molar-refractivity contribution < 1.29 is 9.69 Å². The molecule has 0 bridgehead atoms. The molecule has 0 aliphatic rings. The van der Waals surface area contributed by atoms with Crippen molar-refractivity contribution in [3.05, 3.63) is 72.4 Å². The van der Waals surface area contributed by atoms with Crippen LogP contribution in [0.5, 0.6) is 0 Å². The van der Waals surface area contributed by atoms with E-state index in [4.69, 9.17) is 10.8 Å². The third-order valence-corrected chi connectivity index (χ3v) is 4.49. The summed E-state index contributed by atoms with van der Waals surface area (Å²) in [5.41, 5.74) is 9.54. The van der Waals surface area contributed by atoms with Gasteiger partial charge in [-0.1, -0.05) is 48.5 Å². The maximum Gasteiger partial charge on any atom is 0.275 e. The van der Waals surface area contributed by atoms with Crippen LogP contribution in [0.1, 0.15) is 12.5 Å². The second kappa shape index (κ2) is 7.32. The number of carbonyl (C=O) groups excluding carboxylic acids is 1. The van der Waals surface area contributed by atoms with Crippen molar-refractivity contribution >= 4 is 5.91 Å². The summed E-state index contributed by atoms with van der Waals surface area (Å²) in [4.78, 5) is 12.5. The third-order valence-electron chi connectivity index (χ3n) is 4.49. The summed E-state index contributed by atoms with van der Waals surface area (Å²) in [6.45, 7) is 2.52. The van der Waals surface area contributed by atoms with E-state index in [-0.39, 0.29) is 11.9 Å². The number of hydrogen-bond acceptors (Lipinski definition) is 2. The van der Waals surface area contributed by atoms with E-state index in [1.54, 1.807) is 0 Å². The Balaban J connectivity index is 2.00. The minimum Gasteiger partial charge on any atom is -0.365 e. The summed E-state index contributed by atoms with van der Waals surface area (Å²) in [5.74, 6) is -0.297. The molecule has 3 rings (SSSR count). The predicted molar refractivity (Wildman–Crippen MR) is 98.2 cm³/mol. The largest absolute Gasteiger partial charge is 0.365 e. The van der Waals surface area contributed by atoms with Crippen LogP contribution in [0.4, 0.5) is 0 Å². The van der Waals surface area contributed by atoms with Gasteiger partial charge in [-0.3, -0.25) is 4.79 Å². The van der Waals surface area contributed by atoms with Crippen LogP contribution in [0.3, 0.4) is 0 Å². The molecule has 1 heterocycles. The lowest BCUT2D eigenvalue weighted by atomic mass is 10.1. The quantitative estimate of drug-likeness (QED) is 0.716. The SMILES string of the molecule is C[C@@H](C(N)=O)[NH+](C)Cc1cn(-c2ccccc2)nc1-c1ccccc1. The maximum atomic E-state index is 11.5. The van der Waals surface area contributed by atoms with Gasteiger partial charge in [-0.15, -0.1) is 0 Å². The van der Waals surface area contributed by atoms with Crippen molar-refractivity contribution in [2.24, 2.45) is 5.73 Å². The Morgan fingerprint density at radius 3 is 2.32 bits per heavy atom. The first-order chi connectivity index (χ1) is 12.1. The predicted octanol–water partition coefficient (Wildman–Crippen LogP) is 1.43. The summed E-state index contributed by atoms with van der Waals surface area (Å²) >= 11 is 0. The first-order valence-electron chi connectivity index (χ1n) is 8.37. The highest BCUT2D eigenvalue weighted by Crippen LogP contribution is 2.23. The Kier molecular flexibility index (Phi) is 4.95. The van der Waals surface area contributed by atoms with Crippen molar-refractivity contribution in [3.63, 3.8) is 0 Å². The van der Waals surface area contributed by atoms with Crippen LogP contribution in [0.15, 0.2) is 66.9 Å². The summed E-state index contributed by atoms with van der Waals surface area (Å²) in [6, 6.07) is 19.8. The Morgan fingerprint density at radius 1 is 1.12 bits per heavy atom. The number of amides is 1. The number of nitrogens with two attached hydrogens (primary N) is 1. The van der Waals surface area contributed by atoms with Crippen molar-refractivity contribution in [1.82, 2.24) is 9.78 Å². The number of primary amides is 1. The van der Waals surface area contributed by atoms with Gasteiger partial charge in [0, 0.05) is 11.8 Å². The second-order valence-corrected chi connectivity index (χ2v) is 6.30. The monoisotopic (exact) mass is 335 g/mol. The zero-order valence-corrected chi connectivity index (χ0v) is 14.5. The molecular weight excluding hydrogens is 312 g/mol. The fourth-order valence-corrected chi connectivity index (χ4v) is 2.79. The molecule has 2 atom stereocenters. The summed E-state index contributed by atoms with van der Waals surface area (Å²) < 4.78 is 1.89. The summed E-state index contributed by atoms with van der Waals surface area (Å²) in [7, 11) is 1.98. The first kappa shape index (κ1) is 16.9. The molecule has 1 aromatic heterocycles. The number of nitrogens with one attached hydrogen (secondary N) is 1. The molecule has 2 aromatic carbocycles. The normalized spacial score (nSPS) is 13.4. The number of nitrogens with zero attached hydrogens (tertiary/aromatic N) is 2. The van der Waals surface area contributed by atoms with Gasteiger partial charge in [0.1, 0.15) is 12.2 Å². The lowest BCUT2D eigenvalue weighted by Crippen LogP contribution is -3.12. The fraction of sp³-hybridized carbons (Fsp3) is 0.200. The number of likely N-dealkylation sites (N-methyl/N-ethyl adjacent to an activating group) is 1. The number of carbonyl (C=O) groups is 1. The van der Waals surface area contributed by atoms with Gasteiger partial charge in [0.05, 0.1) is 18.3 Å². The molecule has 0 radical (unpaired) electrons. The molecule has 5 nitrogen and oxygen atoms in total. The highest BCUT2D eigenvalue weighted by Gasteiger charge is 2.22. The van der Waals surface area contributed by atoms with Crippen LogP contribution in [-0.4, -0.2) is 28.8 Å². The van der Waals surface area contributed by atoms with Gasteiger partial charge in [0.25, 0.3) is 5.91 Å². The Labute approximate surface area is 147 Å². The topological polar surface area (TPSA) is 65.3 Å². The van der Waals surface area contributed by atoms with E-state index in [0.717, 1.165) is 27.4 Å². The van der Waals surface area contributed by atoms with E-state index in [0.29, 0.717) is 6.54 Å². The van der Waals surface area contributed by atoms with E-state index in [2.05, 4.69) is 0 Å². The zero-order valence-electron chi connectivity index (χ0n) is 14.5. The van der Waals surface area contributed by atoms with Crippen molar-refractivity contribution in [2.75, 3.05) is 7.05 Å². The number of para-hydroxylation sites is 1. The molecule has 128 valence electrons. The molecule has 0 saturated carbocycles. The molecule has 3 aromatic rings. The lowest BCUT2D eigenvalue weighted by molar-refractivity contribution is -0.907. The fourth-order valence-electron chi connectivity index (χ4n) is 2.79. The maximum absolute atomic E-state index is 11.5. The number of benzene rings is 2. The van der Waals surface area contributed by atoms with Gasteiger partial charge in [-0.05, 0) is 19.1 Å². The van der Waals surface area contributed by atoms with Crippen molar-refractivity contribution in [2.45, 2.75) is 19.5 Å². The van der Waals surface area contributed by atoms with E-state index in [9.17, 15) is 4.79 Å². The third kappa shape index (κ3) is 3.78. The Morgan fingerprint density at radius 2 is 1.72 bits per heavy atom. The molecular formula is C20H23N4O+. The van der Waals surface area contributed by atoms with Gasteiger partial charge in [0.15, 0.2) is 6.04 Å². The summed E-state index contributed by atoms with van der Waals surface area (Å²) in [6.07, 6.45) is 2.04. The molecule has 0 spiro atoms. The Hall–Kier alpha value is -2.92. The van der Waals surface area contributed by atoms with Crippen LogP contribution < -0.4 is 10.6 Å². The van der Waals surface area contributed by atoms with Gasteiger partial charge >= 0.3 is 0 Å². The molecule has 0 aliphatic carbocycles. The molecule has 3 N–H and O–H groups in total. The molecule has 1 unspecified atom stereocenters. The summed E-state index contributed by atoms with van der Waals surface area (Å²) in [5, 5.41) is 4.80. The average molecular weight is 335 g/mol. The van der Waals surface area contributed by atoms with Crippen LogP contribution >= 0.6 is 0 Å². The van der Waals surface area contributed by atoms with Crippen LogP contribution in [0.2, 0.25) is 0 Å². The number of rotatable bonds is 6. The average Bonchev–Trinajstić information content (AvgIpc) is 3.06. The first-order valence-corrected chi connectivity index (χ1v) is 8.37. The number of aromatic nitrogens is 2. The molecule has 1 amide bonds. The molecule has 25 heavy (non-hydrogen) atoms. The van der Waals surface area contributed by atoms with Gasteiger partial charge in [-0.2, -0.15) is 5.10 Å². The standard InChI is InChI=1S/C20H22N4O/c1-15(20(21)25)23(2)13-17-14-24(18-11-7-4-8-12-18)22-19(17)16-9-5-3-6-10-16/h3-12,14-15H,13H2,1-2H3,(H2,21,25)/p+1/t15-/m0/s1. The van der Waals surface area contributed by atoms with Crippen LogP contribution in [0, 0.1) is 0 Å². The highest BCUT2D eigenvalue weighted by molar-refractivity contribution is 5.77. The molecule has 0 aliphatic heterocycles. The van der Waals surface area contributed by atoms with E-state index in [1.807, 2.05) is 85.5 Å². The van der Waals surface area contributed by atoms with Gasteiger partial charge in [0.2, 0.25) is 0 Å². The highest BCUT2D eigenvalue weighted by atomic mass is 16.1. The van der Waals surface area contributed by atoms with Crippen molar-refractivity contribution in [3.8, 4) is 16.9 Å². The minimum atomic E-state index is -0.297. The second-order valence-electron chi connectivity index (χ2n) is 6.30. The van der Waals surface area contributed by atoms with Gasteiger partial charge in [-0.25, -0.2) is 4.68 Å². The minimum absolute atomic E-state index is 0.260. The zero-order chi connectivity index (χ0) is 17.8. The smallest absolute Gasteiger partial charge is 0.275 e. The molecule has 0 fully saturated rings. The van der Waals surface area contributed by atoms with Crippen LogP contribution in [-0.2, 0) is 11.3 Å². The number of hydrogen-bond donors (Lipinski definition) is 2.